The summed E-state index contributed by atoms with van der Waals surface area (Å²) in [5.74, 6) is 0. The van der Waals surface area contributed by atoms with E-state index in [1.807, 2.05) is 35.9 Å². The molecule has 0 aliphatic heterocycles. The molecular formula is C23H22F3N2S+. The molecule has 0 bridgehead atoms. The highest BCUT2D eigenvalue weighted by atomic mass is 32.1. The zero-order chi connectivity index (χ0) is 21.0. The van der Waals surface area contributed by atoms with Gasteiger partial charge in [0.15, 0.2) is 5.69 Å². The van der Waals surface area contributed by atoms with E-state index < -0.39 is 11.6 Å². The van der Waals surface area contributed by atoms with Crippen LogP contribution in [0.15, 0.2) is 48.8 Å². The molecule has 0 aliphatic carbocycles. The quantitative estimate of drug-likeness (QED) is 0.355. The van der Waals surface area contributed by atoms with Crippen LogP contribution >= 0.6 is 11.3 Å². The first-order chi connectivity index (χ1) is 13.6. The fourth-order valence-electron chi connectivity index (χ4n) is 3.72. The number of benzene rings is 2. The van der Waals surface area contributed by atoms with Gasteiger partial charge in [-0.2, -0.15) is 13.2 Å². The average Bonchev–Trinajstić information content (AvgIpc) is 3.01. The molecule has 0 amide bonds. The first-order valence-corrected chi connectivity index (χ1v) is 10.2. The number of nitrogens with zero attached hydrogens (tertiary/aromatic N) is 2. The van der Waals surface area contributed by atoms with Gasteiger partial charge in [0.2, 0.25) is 5.52 Å². The molecule has 4 rings (SSSR count). The lowest BCUT2D eigenvalue weighted by molar-refractivity contribution is -0.662. The molecule has 0 saturated heterocycles. The Bertz CT molecular complexity index is 1220. The van der Waals surface area contributed by atoms with Crippen molar-refractivity contribution >= 4 is 31.6 Å². The van der Waals surface area contributed by atoms with E-state index in [9.17, 15) is 13.2 Å². The highest BCUT2D eigenvalue weighted by Gasteiger charge is 2.47. The summed E-state index contributed by atoms with van der Waals surface area (Å²) in [7, 11) is 1.95. The Hall–Kier alpha value is -2.47. The molecule has 0 atom stereocenters. The Kier molecular flexibility index (Phi) is 4.65. The van der Waals surface area contributed by atoms with E-state index in [0.29, 0.717) is 5.56 Å². The van der Waals surface area contributed by atoms with Gasteiger partial charge in [-0.15, -0.1) is 11.3 Å². The van der Waals surface area contributed by atoms with Crippen LogP contribution < -0.4 is 4.57 Å². The SMILES string of the molecule is Cc1ccccc1-c1c2sc3cccc(CC(C)(C)C(F)(F)F)c3c2nc[n+]1C. The number of rotatable bonds is 3. The fourth-order valence-corrected chi connectivity index (χ4v) is 5.02. The van der Waals surface area contributed by atoms with Crippen LogP contribution in [0.1, 0.15) is 25.0 Å². The van der Waals surface area contributed by atoms with Crippen LogP contribution in [-0.2, 0) is 13.5 Å². The minimum atomic E-state index is -4.27. The lowest BCUT2D eigenvalue weighted by atomic mass is 9.84. The normalized spacial score (nSPS) is 12.8. The number of fused-ring (bicyclic) bond motifs is 3. The molecule has 0 radical (unpaired) electrons. The molecule has 2 nitrogen and oxygen atoms in total. The van der Waals surface area contributed by atoms with Crippen molar-refractivity contribution in [1.82, 2.24) is 4.98 Å². The van der Waals surface area contributed by atoms with E-state index in [-0.39, 0.29) is 6.42 Å². The van der Waals surface area contributed by atoms with Gasteiger partial charge in [-0.1, -0.05) is 50.2 Å². The predicted molar refractivity (Wildman–Crippen MR) is 112 cm³/mol. The maximum Gasteiger partial charge on any atom is 0.394 e. The number of hydrogen-bond acceptors (Lipinski definition) is 2. The second kappa shape index (κ2) is 6.80. The molecule has 150 valence electrons. The number of alkyl halides is 3. The lowest BCUT2D eigenvalue weighted by Gasteiger charge is -2.27. The van der Waals surface area contributed by atoms with E-state index >= 15 is 0 Å². The third kappa shape index (κ3) is 3.29. The molecule has 0 unspecified atom stereocenters. The van der Waals surface area contributed by atoms with Gasteiger partial charge in [0, 0.05) is 15.6 Å². The van der Waals surface area contributed by atoms with E-state index in [0.717, 1.165) is 37.1 Å². The summed E-state index contributed by atoms with van der Waals surface area (Å²) in [4.78, 5) is 4.63. The molecule has 6 heteroatoms. The van der Waals surface area contributed by atoms with Gasteiger partial charge < -0.3 is 0 Å². The van der Waals surface area contributed by atoms with Gasteiger partial charge in [-0.05, 0) is 35.5 Å². The molecule has 0 saturated carbocycles. The van der Waals surface area contributed by atoms with Gasteiger partial charge in [0.25, 0.3) is 6.33 Å². The third-order valence-corrected chi connectivity index (χ3v) is 6.66. The molecule has 2 aromatic carbocycles. The maximum absolute atomic E-state index is 13.5. The van der Waals surface area contributed by atoms with Crippen molar-refractivity contribution in [2.45, 2.75) is 33.4 Å². The Morgan fingerprint density at radius 2 is 1.76 bits per heavy atom. The van der Waals surface area contributed by atoms with Gasteiger partial charge in [-0.3, -0.25) is 0 Å². The van der Waals surface area contributed by atoms with E-state index in [4.69, 9.17) is 0 Å². The second-order valence-corrected chi connectivity index (χ2v) is 9.20. The fraction of sp³-hybridized carbons (Fsp3) is 0.304. The first-order valence-electron chi connectivity index (χ1n) is 9.41. The van der Waals surface area contributed by atoms with Crippen LogP contribution in [0.25, 0.3) is 31.6 Å². The zero-order valence-corrected chi connectivity index (χ0v) is 17.6. The molecular weight excluding hydrogens is 393 g/mol. The topological polar surface area (TPSA) is 16.8 Å². The van der Waals surface area contributed by atoms with Crippen molar-refractivity contribution in [3.63, 3.8) is 0 Å². The standard InChI is InChI=1S/C23H22F3N2S/c1-14-8-5-6-10-16(14)20-21-19(27-13-28(20)4)18-15(9-7-11-17(18)29-21)12-22(2,3)23(24,25)26/h5-11,13H,12H2,1-4H3/q+1. The van der Waals surface area contributed by atoms with Crippen LogP contribution in [0, 0.1) is 12.3 Å². The summed E-state index contributed by atoms with van der Waals surface area (Å²) < 4.78 is 44.5. The molecule has 0 aliphatic rings. The van der Waals surface area contributed by atoms with Crippen molar-refractivity contribution in [2.24, 2.45) is 12.5 Å². The Morgan fingerprint density at radius 3 is 2.45 bits per heavy atom. The minimum absolute atomic E-state index is 0.0813. The molecule has 2 aromatic heterocycles. The number of aromatic nitrogens is 2. The van der Waals surface area contributed by atoms with Crippen molar-refractivity contribution < 1.29 is 17.7 Å². The van der Waals surface area contributed by atoms with Crippen LogP contribution in [0.2, 0.25) is 0 Å². The van der Waals surface area contributed by atoms with Crippen LogP contribution in [-0.4, -0.2) is 11.2 Å². The van der Waals surface area contributed by atoms with Crippen molar-refractivity contribution in [2.75, 3.05) is 0 Å². The van der Waals surface area contributed by atoms with Crippen molar-refractivity contribution in [1.29, 1.82) is 0 Å². The minimum Gasteiger partial charge on any atom is -0.231 e. The summed E-state index contributed by atoms with van der Waals surface area (Å²) in [6.07, 6.45) is -2.60. The molecule has 4 aromatic rings. The molecule has 0 spiro atoms. The second-order valence-electron chi connectivity index (χ2n) is 8.15. The number of thiophene rings is 1. The van der Waals surface area contributed by atoms with Gasteiger partial charge in [-0.25, -0.2) is 4.57 Å². The molecule has 0 fully saturated rings. The Balaban J connectivity index is 2.00. The van der Waals surface area contributed by atoms with Crippen LogP contribution in [0.5, 0.6) is 0 Å². The van der Waals surface area contributed by atoms with Gasteiger partial charge in [0.05, 0.1) is 12.5 Å². The van der Waals surface area contributed by atoms with E-state index in [2.05, 4.69) is 24.0 Å². The molecule has 2 heterocycles. The summed E-state index contributed by atoms with van der Waals surface area (Å²) in [5, 5.41) is 0.834. The number of aryl methyl sites for hydroxylation is 2. The first kappa shape index (κ1) is 19.8. The maximum atomic E-state index is 13.5. The van der Waals surface area contributed by atoms with Crippen molar-refractivity contribution in [3.05, 3.63) is 59.9 Å². The van der Waals surface area contributed by atoms with Crippen LogP contribution in [0.3, 0.4) is 0 Å². The van der Waals surface area contributed by atoms with Crippen LogP contribution in [0.4, 0.5) is 13.2 Å². The summed E-state index contributed by atoms with van der Waals surface area (Å²) in [6.45, 7) is 4.57. The summed E-state index contributed by atoms with van der Waals surface area (Å²) in [5.41, 5.74) is 2.93. The highest BCUT2D eigenvalue weighted by molar-refractivity contribution is 7.26. The Labute approximate surface area is 171 Å². The molecule has 29 heavy (non-hydrogen) atoms. The van der Waals surface area contributed by atoms with Gasteiger partial charge >= 0.3 is 6.18 Å². The molecule has 0 N–H and O–H groups in total. The summed E-state index contributed by atoms with van der Waals surface area (Å²) in [6, 6.07) is 13.7. The largest absolute Gasteiger partial charge is 0.394 e. The lowest BCUT2D eigenvalue weighted by Crippen LogP contribution is -2.34. The number of hydrogen-bond donors (Lipinski definition) is 0. The average molecular weight is 416 g/mol. The third-order valence-electron chi connectivity index (χ3n) is 5.50. The zero-order valence-electron chi connectivity index (χ0n) is 16.8. The van der Waals surface area contributed by atoms with Crippen molar-refractivity contribution in [3.8, 4) is 11.3 Å². The predicted octanol–water partition coefficient (Wildman–Crippen LogP) is 6.38. The highest BCUT2D eigenvalue weighted by Crippen LogP contribution is 2.44. The smallest absolute Gasteiger partial charge is 0.231 e. The monoisotopic (exact) mass is 415 g/mol. The van der Waals surface area contributed by atoms with Gasteiger partial charge in [0.1, 0.15) is 4.70 Å². The Morgan fingerprint density at radius 1 is 1.03 bits per heavy atom. The number of halogens is 3. The van der Waals surface area contributed by atoms with E-state index in [1.54, 1.807) is 23.7 Å². The summed E-state index contributed by atoms with van der Waals surface area (Å²) >= 11 is 1.59. The van der Waals surface area contributed by atoms with E-state index in [1.165, 1.54) is 13.8 Å².